The fourth-order valence-electron chi connectivity index (χ4n) is 4.56. The lowest BCUT2D eigenvalue weighted by Crippen LogP contribution is -2.52. The summed E-state index contributed by atoms with van der Waals surface area (Å²) in [6, 6.07) is 35.4. The Bertz CT molecular complexity index is 1180. The van der Waals surface area contributed by atoms with Crippen molar-refractivity contribution in [3.8, 4) is 5.75 Å². The van der Waals surface area contributed by atoms with E-state index in [9.17, 15) is 9.59 Å². The highest BCUT2D eigenvalue weighted by atomic mass is 16.5. The molecule has 5 nitrogen and oxygen atoms in total. The summed E-state index contributed by atoms with van der Waals surface area (Å²) in [6.45, 7) is 0. The fraction of sp³-hybridized carbons (Fsp3) is 0.161. The highest BCUT2D eigenvalue weighted by molar-refractivity contribution is 5.98. The molecular weight excluding hydrogens is 450 g/mol. The second-order valence-electron chi connectivity index (χ2n) is 8.45. The van der Waals surface area contributed by atoms with Crippen LogP contribution in [0.2, 0.25) is 0 Å². The van der Waals surface area contributed by atoms with Crippen molar-refractivity contribution in [2.45, 2.75) is 17.9 Å². The Morgan fingerprint density at radius 1 is 0.694 bits per heavy atom. The minimum atomic E-state index is -1.18. The number of carbonyl (C=O) groups excluding carboxylic acids is 2. The number of hydrogen-bond donors (Lipinski definition) is 1. The monoisotopic (exact) mass is 479 g/mol. The Morgan fingerprint density at radius 3 is 1.53 bits per heavy atom. The Balaban J connectivity index is 1.81. The summed E-state index contributed by atoms with van der Waals surface area (Å²) in [5, 5.41) is 3.04. The smallest absolute Gasteiger partial charge is 0.328 e. The van der Waals surface area contributed by atoms with Crippen molar-refractivity contribution >= 4 is 11.9 Å². The quantitative estimate of drug-likeness (QED) is 0.273. The molecule has 0 saturated heterocycles. The number of rotatable bonds is 9. The number of amides is 1. The molecular formula is C31H29NO4. The van der Waals surface area contributed by atoms with Crippen LogP contribution in [0.5, 0.6) is 5.75 Å². The molecule has 1 N–H and O–H groups in total. The van der Waals surface area contributed by atoms with E-state index >= 15 is 0 Å². The van der Waals surface area contributed by atoms with Gasteiger partial charge in [0.05, 0.1) is 14.2 Å². The number of ether oxygens (including phenoxy) is 2. The van der Waals surface area contributed by atoms with Gasteiger partial charge in [-0.2, -0.15) is 0 Å². The molecule has 0 bridgehead atoms. The lowest BCUT2D eigenvalue weighted by atomic mass is 9.68. The van der Waals surface area contributed by atoms with Gasteiger partial charge in [0.25, 0.3) is 0 Å². The predicted octanol–water partition coefficient (Wildman–Crippen LogP) is 4.93. The molecule has 5 heteroatoms. The zero-order chi connectivity index (χ0) is 25.4. The van der Waals surface area contributed by atoms with Crippen molar-refractivity contribution < 1.29 is 19.1 Å². The minimum Gasteiger partial charge on any atom is -0.497 e. The average molecular weight is 480 g/mol. The fourth-order valence-corrected chi connectivity index (χ4v) is 4.56. The van der Waals surface area contributed by atoms with Gasteiger partial charge in [0.15, 0.2) is 0 Å². The van der Waals surface area contributed by atoms with Gasteiger partial charge in [-0.1, -0.05) is 103 Å². The van der Waals surface area contributed by atoms with Crippen LogP contribution in [-0.4, -0.2) is 32.1 Å². The van der Waals surface area contributed by atoms with Crippen LogP contribution >= 0.6 is 0 Å². The molecule has 0 radical (unpaired) electrons. The number of methoxy groups -OCH3 is 2. The zero-order valence-corrected chi connectivity index (χ0v) is 20.4. The summed E-state index contributed by atoms with van der Waals surface area (Å²) in [4.78, 5) is 27.3. The van der Waals surface area contributed by atoms with E-state index in [4.69, 9.17) is 9.47 Å². The lowest BCUT2D eigenvalue weighted by Gasteiger charge is -2.35. The van der Waals surface area contributed by atoms with Crippen molar-refractivity contribution in [1.29, 1.82) is 0 Å². The van der Waals surface area contributed by atoms with E-state index in [1.807, 2.05) is 115 Å². The van der Waals surface area contributed by atoms with Crippen LogP contribution in [0.3, 0.4) is 0 Å². The van der Waals surface area contributed by atoms with Crippen molar-refractivity contribution in [2.24, 2.45) is 0 Å². The van der Waals surface area contributed by atoms with E-state index in [1.54, 1.807) is 7.11 Å². The first kappa shape index (κ1) is 24.7. The Morgan fingerprint density at radius 2 is 1.14 bits per heavy atom. The van der Waals surface area contributed by atoms with Crippen LogP contribution < -0.4 is 10.1 Å². The first-order chi connectivity index (χ1) is 17.6. The van der Waals surface area contributed by atoms with Crippen molar-refractivity contribution in [3.63, 3.8) is 0 Å². The van der Waals surface area contributed by atoms with E-state index in [1.165, 1.54) is 7.11 Å². The van der Waals surface area contributed by atoms with Crippen LogP contribution in [0.4, 0.5) is 0 Å². The summed E-state index contributed by atoms with van der Waals surface area (Å²) in [7, 11) is 2.93. The second kappa shape index (κ2) is 11.4. The normalized spacial score (nSPS) is 11.8. The van der Waals surface area contributed by atoms with Gasteiger partial charge in [-0.05, 0) is 34.4 Å². The van der Waals surface area contributed by atoms with Crippen molar-refractivity contribution in [3.05, 3.63) is 138 Å². The molecule has 0 fully saturated rings. The second-order valence-corrected chi connectivity index (χ2v) is 8.45. The molecule has 4 aromatic carbocycles. The minimum absolute atomic E-state index is 0.275. The van der Waals surface area contributed by atoms with Gasteiger partial charge in [-0.25, -0.2) is 4.79 Å². The first-order valence-electron chi connectivity index (χ1n) is 11.8. The molecule has 1 atom stereocenters. The molecule has 0 aliphatic heterocycles. The van der Waals surface area contributed by atoms with Gasteiger partial charge in [0.1, 0.15) is 17.2 Å². The standard InChI is InChI=1S/C31H29NO4/c1-35-27-20-18-23(19-21-27)22-28(29(33)36-2)32-30(34)31(24-12-6-3-7-13-24,25-14-8-4-9-15-25)26-16-10-5-11-17-26/h3-21,28H,22H2,1-2H3,(H,32,34)/t28-/m1/s1. The van der Waals surface area contributed by atoms with Gasteiger partial charge in [-0.3, -0.25) is 4.79 Å². The topological polar surface area (TPSA) is 64.6 Å². The number of esters is 1. The maximum Gasteiger partial charge on any atom is 0.328 e. The van der Waals surface area contributed by atoms with E-state index in [-0.39, 0.29) is 12.3 Å². The zero-order valence-electron chi connectivity index (χ0n) is 20.4. The Hall–Kier alpha value is -4.38. The largest absolute Gasteiger partial charge is 0.497 e. The molecule has 0 saturated carbocycles. The summed E-state index contributed by atoms with van der Waals surface area (Å²) in [5.74, 6) is -0.106. The number of nitrogens with one attached hydrogen (secondary N) is 1. The third-order valence-electron chi connectivity index (χ3n) is 6.35. The molecule has 0 unspecified atom stereocenters. The van der Waals surface area contributed by atoms with Gasteiger partial charge in [-0.15, -0.1) is 0 Å². The molecule has 182 valence electrons. The molecule has 4 aromatic rings. The van der Waals surface area contributed by atoms with Gasteiger partial charge < -0.3 is 14.8 Å². The van der Waals surface area contributed by atoms with Crippen molar-refractivity contribution in [1.82, 2.24) is 5.32 Å². The molecule has 0 spiro atoms. The number of benzene rings is 4. The maximum atomic E-state index is 14.4. The Labute approximate surface area is 211 Å². The molecule has 36 heavy (non-hydrogen) atoms. The third kappa shape index (κ3) is 5.01. The number of carbonyl (C=O) groups is 2. The summed E-state index contributed by atoms with van der Waals surface area (Å²) >= 11 is 0. The molecule has 0 aromatic heterocycles. The first-order valence-corrected chi connectivity index (χ1v) is 11.8. The summed E-state index contributed by atoms with van der Waals surface area (Å²) in [5.41, 5.74) is 2.08. The number of hydrogen-bond acceptors (Lipinski definition) is 4. The van der Waals surface area contributed by atoms with Crippen LogP contribution in [0.1, 0.15) is 22.3 Å². The molecule has 0 heterocycles. The molecule has 0 aliphatic carbocycles. The van der Waals surface area contributed by atoms with Crippen LogP contribution in [0.15, 0.2) is 115 Å². The molecule has 0 aliphatic rings. The van der Waals surface area contributed by atoms with E-state index in [0.29, 0.717) is 5.75 Å². The van der Waals surface area contributed by atoms with Gasteiger partial charge in [0, 0.05) is 6.42 Å². The summed E-state index contributed by atoms with van der Waals surface area (Å²) < 4.78 is 10.3. The highest BCUT2D eigenvalue weighted by Crippen LogP contribution is 2.39. The molecule has 4 rings (SSSR count). The van der Waals surface area contributed by atoms with E-state index in [2.05, 4.69) is 5.32 Å². The van der Waals surface area contributed by atoms with Crippen LogP contribution in [-0.2, 0) is 26.2 Å². The third-order valence-corrected chi connectivity index (χ3v) is 6.35. The Kier molecular flexibility index (Phi) is 7.81. The SMILES string of the molecule is COC(=O)[C@@H](Cc1ccc(OC)cc1)NC(=O)C(c1ccccc1)(c1ccccc1)c1ccccc1. The van der Waals surface area contributed by atoms with Gasteiger partial charge in [0.2, 0.25) is 5.91 Å². The molecule has 1 amide bonds. The lowest BCUT2D eigenvalue weighted by molar-refractivity contribution is -0.145. The maximum absolute atomic E-state index is 14.4. The van der Waals surface area contributed by atoms with E-state index in [0.717, 1.165) is 22.3 Å². The van der Waals surface area contributed by atoms with Gasteiger partial charge >= 0.3 is 5.97 Å². The summed E-state index contributed by atoms with van der Waals surface area (Å²) in [6.07, 6.45) is 0.275. The van der Waals surface area contributed by atoms with E-state index < -0.39 is 17.4 Å². The van der Waals surface area contributed by atoms with Crippen LogP contribution in [0.25, 0.3) is 0 Å². The highest BCUT2D eigenvalue weighted by Gasteiger charge is 2.45. The van der Waals surface area contributed by atoms with Crippen LogP contribution in [0, 0.1) is 0 Å². The average Bonchev–Trinajstić information content (AvgIpc) is 2.95. The predicted molar refractivity (Wildman–Crippen MR) is 140 cm³/mol. The van der Waals surface area contributed by atoms with Crippen molar-refractivity contribution in [2.75, 3.05) is 14.2 Å².